The van der Waals surface area contributed by atoms with Gasteiger partial charge in [0.25, 0.3) is 0 Å². The van der Waals surface area contributed by atoms with Gasteiger partial charge in [0.05, 0.1) is 19.9 Å². The van der Waals surface area contributed by atoms with E-state index in [0.29, 0.717) is 11.5 Å². The summed E-state index contributed by atoms with van der Waals surface area (Å²) in [4.78, 5) is 4.68. The van der Waals surface area contributed by atoms with E-state index in [1.165, 1.54) is 11.1 Å². The molecule has 3 aromatic rings. The Labute approximate surface area is 146 Å². The number of thiazole rings is 1. The van der Waals surface area contributed by atoms with Crippen LogP contribution in [0.4, 0.5) is 10.8 Å². The first-order valence-electron chi connectivity index (χ1n) is 7.62. The summed E-state index contributed by atoms with van der Waals surface area (Å²) in [6.07, 6.45) is 0. The lowest BCUT2D eigenvalue weighted by Crippen LogP contribution is -1.92. The van der Waals surface area contributed by atoms with Crippen LogP contribution in [0.5, 0.6) is 11.5 Å². The molecule has 0 amide bonds. The van der Waals surface area contributed by atoms with E-state index in [1.54, 1.807) is 25.6 Å². The Morgan fingerprint density at radius 2 is 1.62 bits per heavy atom. The number of rotatable bonds is 5. The standard InChI is InChI=1S/C19H20N2O2S/c1-12-7-13(2)9-15(8-12)20-19-21-16(11-24-19)14-5-6-17(22-3)18(10-14)23-4/h5-11H,1-4H3,(H,20,21). The van der Waals surface area contributed by atoms with Crippen molar-refractivity contribution >= 4 is 22.2 Å². The molecule has 0 spiro atoms. The highest BCUT2D eigenvalue weighted by Gasteiger charge is 2.09. The SMILES string of the molecule is COc1ccc(-c2csc(Nc3cc(C)cc(C)c3)n2)cc1OC. The molecule has 1 aromatic heterocycles. The van der Waals surface area contributed by atoms with Gasteiger partial charge < -0.3 is 14.8 Å². The van der Waals surface area contributed by atoms with Crippen molar-refractivity contribution in [3.63, 3.8) is 0 Å². The van der Waals surface area contributed by atoms with Crippen molar-refractivity contribution in [2.45, 2.75) is 13.8 Å². The average molecular weight is 340 g/mol. The third kappa shape index (κ3) is 3.51. The van der Waals surface area contributed by atoms with E-state index in [0.717, 1.165) is 22.1 Å². The normalized spacial score (nSPS) is 10.5. The van der Waals surface area contributed by atoms with E-state index < -0.39 is 0 Å². The number of aryl methyl sites for hydroxylation is 2. The minimum Gasteiger partial charge on any atom is -0.493 e. The quantitative estimate of drug-likeness (QED) is 0.694. The highest BCUT2D eigenvalue weighted by molar-refractivity contribution is 7.14. The molecule has 0 bridgehead atoms. The van der Waals surface area contributed by atoms with Crippen LogP contribution in [0.3, 0.4) is 0 Å². The first-order chi connectivity index (χ1) is 11.6. The maximum absolute atomic E-state index is 5.36. The molecule has 4 nitrogen and oxygen atoms in total. The number of ether oxygens (including phenoxy) is 2. The zero-order chi connectivity index (χ0) is 17.1. The molecule has 3 rings (SSSR count). The Morgan fingerprint density at radius 3 is 2.29 bits per heavy atom. The minimum atomic E-state index is 0.701. The van der Waals surface area contributed by atoms with Crippen molar-refractivity contribution < 1.29 is 9.47 Å². The summed E-state index contributed by atoms with van der Waals surface area (Å²) in [6.45, 7) is 4.18. The van der Waals surface area contributed by atoms with Gasteiger partial charge in [0.2, 0.25) is 0 Å². The molecule has 2 aromatic carbocycles. The highest BCUT2D eigenvalue weighted by atomic mass is 32.1. The smallest absolute Gasteiger partial charge is 0.187 e. The molecule has 0 aliphatic rings. The third-order valence-electron chi connectivity index (χ3n) is 3.66. The zero-order valence-electron chi connectivity index (χ0n) is 14.2. The molecule has 0 aliphatic heterocycles. The zero-order valence-corrected chi connectivity index (χ0v) is 15.0. The lowest BCUT2D eigenvalue weighted by molar-refractivity contribution is 0.355. The number of benzene rings is 2. The number of methoxy groups -OCH3 is 2. The van der Waals surface area contributed by atoms with Crippen LogP contribution in [-0.2, 0) is 0 Å². The van der Waals surface area contributed by atoms with E-state index in [4.69, 9.17) is 9.47 Å². The summed E-state index contributed by atoms with van der Waals surface area (Å²) in [6, 6.07) is 12.2. The molecule has 1 N–H and O–H groups in total. The molecule has 0 atom stereocenters. The molecular weight excluding hydrogens is 320 g/mol. The molecular formula is C19H20N2O2S. The molecule has 24 heavy (non-hydrogen) atoms. The monoisotopic (exact) mass is 340 g/mol. The van der Waals surface area contributed by atoms with Crippen molar-refractivity contribution in [2.75, 3.05) is 19.5 Å². The van der Waals surface area contributed by atoms with Crippen LogP contribution in [0.15, 0.2) is 41.8 Å². The van der Waals surface area contributed by atoms with Crippen molar-refractivity contribution in [1.29, 1.82) is 0 Å². The molecule has 5 heteroatoms. The van der Waals surface area contributed by atoms with E-state index in [-0.39, 0.29) is 0 Å². The van der Waals surface area contributed by atoms with E-state index in [9.17, 15) is 0 Å². The summed E-state index contributed by atoms with van der Waals surface area (Å²) in [5.41, 5.74) is 5.43. The second-order valence-corrected chi connectivity index (χ2v) is 6.47. The molecule has 0 unspecified atom stereocenters. The molecule has 124 valence electrons. The highest BCUT2D eigenvalue weighted by Crippen LogP contribution is 2.34. The maximum atomic E-state index is 5.36. The van der Waals surface area contributed by atoms with Crippen LogP contribution in [0, 0.1) is 13.8 Å². The summed E-state index contributed by atoms with van der Waals surface area (Å²) in [5.74, 6) is 1.41. The van der Waals surface area contributed by atoms with Crippen molar-refractivity contribution in [3.05, 3.63) is 52.9 Å². The van der Waals surface area contributed by atoms with Gasteiger partial charge in [-0.25, -0.2) is 4.98 Å². The predicted molar refractivity (Wildman–Crippen MR) is 99.9 cm³/mol. The molecule has 1 heterocycles. The second-order valence-electron chi connectivity index (χ2n) is 5.61. The summed E-state index contributed by atoms with van der Waals surface area (Å²) in [5, 5.41) is 6.28. The maximum Gasteiger partial charge on any atom is 0.187 e. The molecule has 0 radical (unpaired) electrons. The van der Waals surface area contributed by atoms with Crippen LogP contribution in [0.2, 0.25) is 0 Å². The number of nitrogens with zero attached hydrogens (tertiary/aromatic N) is 1. The van der Waals surface area contributed by atoms with Gasteiger partial charge in [0, 0.05) is 16.6 Å². The van der Waals surface area contributed by atoms with Crippen LogP contribution < -0.4 is 14.8 Å². The summed E-state index contributed by atoms with van der Waals surface area (Å²) >= 11 is 1.58. The fourth-order valence-electron chi connectivity index (χ4n) is 2.63. The summed E-state index contributed by atoms with van der Waals surface area (Å²) < 4.78 is 10.6. The number of hydrogen-bond donors (Lipinski definition) is 1. The minimum absolute atomic E-state index is 0.701. The Morgan fingerprint density at radius 1 is 0.917 bits per heavy atom. The van der Waals surface area contributed by atoms with E-state index in [1.807, 2.05) is 23.6 Å². The average Bonchev–Trinajstić information content (AvgIpc) is 3.01. The van der Waals surface area contributed by atoms with Crippen LogP contribution >= 0.6 is 11.3 Å². The van der Waals surface area contributed by atoms with Crippen molar-refractivity contribution in [2.24, 2.45) is 0 Å². The van der Waals surface area contributed by atoms with E-state index in [2.05, 4.69) is 42.3 Å². The van der Waals surface area contributed by atoms with Gasteiger partial charge in [-0.05, 0) is 55.3 Å². The molecule has 0 saturated heterocycles. The van der Waals surface area contributed by atoms with E-state index >= 15 is 0 Å². The summed E-state index contributed by atoms with van der Waals surface area (Å²) in [7, 11) is 3.27. The Hall–Kier alpha value is -2.53. The fourth-order valence-corrected chi connectivity index (χ4v) is 3.37. The first kappa shape index (κ1) is 16.3. The number of anilines is 2. The lowest BCUT2D eigenvalue weighted by Gasteiger charge is -2.08. The Balaban J connectivity index is 1.85. The van der Waals surface area contributed by atoms with Gasteiger partial charge >= 0.3 is 0 Å². The van der Waals surface area contributed by atoms with Gasteiger partial charge in [-0.2, -0.15) is 0 Å². The van der Waals surface area contributed by atoms with Gasteiger partial charge in [-0.3, -0.25) is 0 Å². The number of nitrogens with one attached hydrogen (secondary N) is 1. The van der Waals surface area contributed by atoms with Gasteiger partial charge in [-0.15, -0.1) is 11.3 Å². The fraction of sp³-hybridized carbons (Fsp3) is 0.211. The first-order valence-corrected chi connectivity index (χ1v) is 8.50. The third-order valence-corrected chi connectivity index (χ3v) is 4.41. The van der Waals surface area contributed by atoms with Crippen molar-refractivity contribution in [3.8, 4) is 22.8 Å². The van der Waals surface area contributed by atoms with Crippen molar-refractivity contribution in [1.82, 2.24) is 4.98 Å². The number of hydrogen-bond acceptors (Lipinski definition) is 5. The van der Waals surface area contributed by atoms with Crippen LogP contribution in [0.25, 0.3) is 11.3 Å². The van der Waals surface area contributed by atoms with Gasteiger partial charge in [-0.1, -0.05) is 6.07 Å². The van der Waals surface area contributed by atoms with Crippen LogP contribution in [0.1, 0.15) is 11.1 Å². The topological polar surface area (TPSA) is 43.4 Å². The van der Waals surface area contributed by atoms with Gasteiger partial charge in [0.1, 0.15) is 0 Å². The Kier molecular flexibility index (Phi) is 4.71. The lowest BCUT2D eigenvalue weighted by atomic mass is 10.1. The molecule has 0 aliphatic carbocycles. The molecule has 0 saturated carbocycles. The van der Waals surface area contributed by atoms with Gasteiger partial charge in [0.15, 0.2) is 16.6 Å². The predicted octanol–water partition coefficient (Wildman–Crippen LogP) is 5.19. The number of aromatic nitrogens is 1. The Bertz CT molecular complexity index is 838. The molecule has 0 fully saturated rings. The second kappa shape index (κ2) is 6.93. The largest absolute Gasteiger partial charge is 0.493 e. The van der Waals surface area contributed by atoms with Crippen LogP contribution in [-0.4, -0.2) is 19.2 Å².